The summed E-state index contributed by atoms with van der Waals surface area (Å²) in [7, 11) is -3.83. The van der Waals surface area contributed by atoms with Crippen LogP contribution in [-0.4, -0.2) is 32.0 Å². The van der Waals surface area contributed by atoms with Crippen LogP contribution < -0.4 is 0 Å². The van der Waals surface area contributed by atoms with Gasteiger partial charge in [0.2, 0.25) is 10.0 Å². The lowest BCUT2D eigenvalue weighted by Gasteiger charge is -2.32. The van der Waals surface area contributed by atoms with Crippen molar-refractivity contribution in [1.29, 1.82) is 0 Å². The summed E-state index contributed by atoms with van der Waals surface area (Å²) in [6.45, 7) is -0.282. The van der Waals surface area contributed by atoms with Gasteiger partial charge in [-0.3, -0.25) is 0 Å². The summed E-state index contributed by atoms with van der Waals surface area (Å²) >= 11 is 5.84. The highest BCUT2D eigenvalue weighted by Gasteiger charge is 2.43. The molecule has 1 heterocycles. The Hall–Kier alpha value is -0.790. The van der Waals surface area contributed by atoms with Gasteiger partial charge in [-0.05, 0) is 25.0 Å². The van der Waals surface area contributed by atoms with Crippen LogP contribution in [0.5, 0.6) is 0 Å². The lowest BCUT2D eigenvalue weighted by molar-refractivity contribution is -0.182. The summed E-state index contributed by atoms with van der Waals surface area (Å²) < 4.78 is 63.4. The summed E-state index contributed by atoms with van der Waals surface area (Å²) in [5.74, 6) is -1.43. The monoisotopic (exact) mass is 327 g/mol. The summed E-state index contributed by atoms with van der Waals surface area (Å²) in [6.07, 6.45) is -4.69. The van der Waals surface area contributed by atoms with Crippen molar-refractivity contribution in [2.24, 2.45) is 5.92 Å². The van der Waals surface area contributed by atoms with Crippen LogP contribution >= 0.6 is 11.6 Å². The molecule has 0 unspecified atom stereocenters. The molecule has 1 aliphatic rings. The molecule has 1 aromatic rings. The molecular formula is C12H13ClF3NO2S. The Bertz CT molecular complexity index is 581. The minimum atomic E-state index is -4.26. The first-order valence-electron chi connectivity index (χ1n) is 6.04. The molecule has 1 fully saturated rings. The fourth-order valence-corrected chi connectivity index (χ4v) is 4.18. The number of hydrogen-bond donors (Lipinski definition) is 0. The third-order valence-electron chi connectivity index (χ3n) is 3.37. The highest BCUT2D eigenvalue weighted by Crippen LogP contribution is 2.36. The second kappa shape index (κ2) is 5.54. The molecule has 0 N–H and O–H groups in total. The zero-order chi connectivity index (χ0) is 15.0. The van der Waals surface area contributed by atoms with Crippen LogP contribution in [0.2, 0.25) is 5.02 Å². The molecule has 20 heavy (non-hydrogen) atoms. The molecule has 2 rings (SSSR count). The van der Waals surface area contributed by atoms with Gasteiger partial charge >= 0.3 is 6.18 Å². The maximum absolute atomic E-state index is 12.6. The molecule has 0 aromatic heterocycles. The van der Waals surface area contributed by atoms with Crippen LogP contribution in [0.1, 0.15) is 12.8 Å². The van der Waals surface area contributed by atoms with E-state index in [4.69, 9.17) is 11.6 Å². The molecule has 1 aliphatic heterocycles. The van der Waals surface area contributed by atoms with Gasteiger partial charge in [-0.1, -0.05) is 23.7 Å². The van der Waals surface area contributed by atoms with Gasteiger partial charge in [-0.25, -0.2) is 8.42 Å². The highest BCUT2D eigenvalue weighted by atomic mass is 35.5. The van der Waals surface area contributed by atoms with E-state index < -0.39 is 22.1 Å². The van der Waals surface area contributed by atoms with Crippen molar-refractivity contribution >= 4 is 21.6 Å². The van der Waals surface area contributed by atoms with Gasteiger partial charge in [0, 0.05) is 13.1 Å². The molecule has 8 heteroatoms. The Labute approximate surface area is 120 Å². The number of rotatable bonds is 2. The number of benzene rings is 1. The molecule has 0 atom stereocenters. The van der Waals surface area contributed by atoms with E-state index in [1.807, 2.05) is 0 Å². The minimum absolute atomic E-state index is 0.0628. The first-order chi connectivity index (χ1) is 9.23. The van der Waals surface area contributed by atoms with Crippen molar-refractivity contribution in [1.82, 2.24) is 4.31 Å². The quantitative estimate of drug-likeness (QED) is 0.835. The van der Waals surface area contributed by atoms with E-state index in [-0.39, 0.29) is 35.8 Å². The van der Waals surface area contributed by atoms with E-state index in [0.29, 0.717) is 0 Å². The molecule has 0 aliphatic carbocycles. The number of sulfonamides is 1. The van der Waals surface area contributed by atoms with Crippen molar-refractivity contribution in [3.05, 3.63) is 29.3 Å². The molecule has 112 valence electrons. The Kier molecular flexibility index (Phi) is 4.32. The lowest BCUT2D eigenvalue weighted by atomic mass is 9.98. The molecule has 0 radical (unpaired) electrons. The number of hydrogen-bond acceptors (Lipinski definition) is 2. The zero-order valence-electron chi connectivity index (χ0n) is 10.4. The van der Waals surface area contributed by atoms with E-state index in [1.54, 1.807) is 6.07 Å². The van der Waals surface area contributed by atoms with Gasteiger partial charge in [-0.15, -0.1) is 0 Å². The van der Waals surface area contributed by atoms with Crippen molar-refractivity contribution in [3.8, 4) is 0 Å². The standard InChI is InChI=1S/C12H13ClF3NO2S/c13-10-3-1-2-4-11(10)20(18,19)17-7-5-9(6-8-17)12(14,15)16/h1-4,9H,5-8H2. The fourth-order valence-electron chi connectivity index (χ4n) is 2.22. The maximum Gasteiger partial charge on any atom is 0.391 e. The maximum atomic E-state index is 12.6. The topological polar surface area (TPSA) is 37.4 Å². The number of piperidine rings is 1. The van der Waals surface area contributed by atoms with Crippen LogP contribution in [0.15, 0.2) is 29.2 Å². The van der Waals surface area contributed by atoms with Crippen LogP contribution in [0.25, 0.3) is 0 Å². The molecular weight excluding hydrogens is 315 g/mol. The first kappa shape index (κ1) is 15.6. The van der Waals surface area contributed by atoms with Crippen molar-refractivity contribution in [2.75, 3.05) is 13.1 Å². The van der Waals surface area contributed by atoms with Crippen LogP contribution in [0, 0.1) is 5.92 Å². The molecule has 1 aromatic carbocycles. The highest BCUT2D eigenvalue weighted by molar-refractivity contribution is 7.89. The Morgan fingerprint density at radius 2 is 1.70 bits per heavy atom. The second-order valence-electron chi connectivity index (χ2n) is 4.65. The average molecular weight is 328 g/mol. The van der Waals surface area contributed by atoms with Gasteiger partial charge in [0.05, 0.1) is 10.9 Å². The second-order valence-corrected chi connectivity index (χ2v) is 6.96. The zero-order valence-corrected chi connectivity index (χ0v) is 12.0. The van der Waals surface area contributed by atoms with Gasteiger partial charge in [0.15, 0.2) is 0 Å². The molecule has 0 spiro atoms. The van der Waals surface area contributed by atoms with Gasteiger partial charge < -0.3 is 0 Å². The fraction of sp³-hybridized carbons (Fsp3) is 0.500. The summed E-state index contributed by atoms with van der Waals surface area (Å²) in [5, 5.41) is 0.0745. The van der Waals surface area contributed by atoms with Crippen LogP contribution in [-0.2, 0) is 10.0 Å². The van der Waals surface area contributed by atoms with Gasteiger partial charge in [-0.2, -0.15) is 17.5 Å². The Morgan fingerprint density at radius 3 is 2.20 bits per heavy atom. The molecule has 0 amide bonds. The smallest absolute Gasteiger partial charge is 0.207 e. The molecule has 3 nitrogen and oxygen atoms in total. The average Bonchev–Trinajstić information content (AvgIpc) is 2.38. The number of halogens is 4. The minimum Gasteiger partial charge on any atom is -0.207 e. The summed E-state index contributed by atoms with van der Waals surface area (Å²) in [6, 6.07) is 5.92. The van der Waals surface area contributed by atoms with E-state index in [1.165, 1.54) is 18.2 Å². The summed E-state index contributed by atoms with van der Waals surface area (Å²) in [4.78, 5) is -0.0628. The van der Waals surface area contributed by atoms with E-state index in [9.17, 15) is 21.6 Å². The molecule has 1 saturated heterocycles. The summed E-state index contributed by atoms with van der Waals surface area (Å²) in [5.41, 5.74) is 0. The molecule has 0 bridgehead atoms. The van der Waals surface area contributed by atoms with Gasteiger partial charge in [0.25, 0.3) is 0 Å². The van der Waals surface area contributed by atoms with Crippen molar-refractivity contribution < 1.29 is 21.6 Å². The van der Waals surface area contributed by atoms with Crippen molar-refractivity contribution in [3.63, 3.8) is 0 Å². The van der Waals surface area contributed by atoms with Crippen LogP contribution in [0.3, 0.4) is 0 Å². The third kappa shape index (κ3) is 3.10. The van der Waals surface area contributed by atoms with E-state index in [2.05, 4.69) is 0 Å². The van der Waals surface area contributed by atoms with Crippen molar-refractivity contribution in [2.45, 2.75) is 23.9 Å². The lowest BCUT2D eigenvalue weighted by Crippen LogP contribution is -2.42. The largest absolute Gasteiger partial charge is 0.391 e. The normalized spacial score (nSPS) is 19.2. The Balaban J connectivity index is 2.16. The van der Waals surface area contributed by atoms with E-state index in [0.717, 1.165) is 4.31 Å². The SMILES string of the molecule is O=S(=O)(c1ccccc1Cl)N1CCC(C(F)(F)F)CC1. The van der Waals surface area contributed by atoms with E-state index >= 15 is 0 Å². The third-order valence-corrected chi connectivity index (χ3v) is 5.77. The number of alkyl halides is 3. The number of nitrogens with zero attached hydrogens (tertiary/aromatic N) is 1. The predicted octanol–water partition coefficient (Wildman–Crippen LogP) is 3.30. The first-order valence-corrected chi connectivity index (χ1v) is 7.86. The van der Waals surface area contributed by atoms with Gasteiger partial charge in [0.1, 0.15) is 4.90 Å². The Morgan fingerprint density at radius 1 is 1.15 bits per heavy atom. The predicted molar refractivity (Wildman–Crippen MR) is 69.0 cm³/mol. The molecule has 0 saturated carbocycles. The van der Waals surface area contributed by atoms with Crippen LogP contribution in [0.4, 0.5) is 13.2 Å².